The lowest BCUT2D eigenvalue weighted by atomic mass is 9.84. The minimum Gasteiger partial charge on any atom is -0.493 e. The van der Waals surface area contributed by atoms with Crippen molar-refractivity contribution in [1.82, 2.24) is 0 Å². The van der Waals surface area contributed by atoms with Crippen LogP contribution in [0.5, 0.6) is 5.75 Å². The van der Waals surface area contributed by atoms with Crippen LogP contribution < -0.4 is 4.74 Å². The van der Waals surface area contributed by atoms with Crippen LogP contribution >= 0.6 is 15.9 Å². The Hall–Kier alpha value is -0.680. The SMILES string of the molecule is COc1c(F)cc(Br)c(F)c1C(C)(C)CO. The Morgan fingerprint density at radius 1 is 1.44 bits per heavy atom. The second-order valence-corrected chi connectivity index (χ2v) is 4.96. The first-order chi connectivity index (χ1) is 7.35. The molecule has 0 saturated carbocycles. The molecule has 1 aromatic rings. The first-order valence-electron chi connectivity index (χ1n) is 4.68. The summed E-state index contributed by atoms with van der Waals surface area (Å²) in [6.07, 6.45) is 0. The molecular weight excluding hydrogens is 282 g/mol. The first kappa shape index (κ1) is 13.4. The maximum atomic E-state index is 13.9. The van der Waals surface area contributed by atoms with Crippen LogP contribution in [0.3, 0.4) is 0 Å². The van der Waals surface area contributed by atoms with Gasteiger partial charge in [0.15, 0.2) is 11.6 Å². The van der Waals surface area contributed by atoms with Gasteiger partial charge in [-0.3, -0.25) is 0 Å². The van der Waals surface area contributed by atoms with Crippen molar-refractivity contribution in [3.63, 3.8) is 0 Å². The fraction of sp³-hybridized carbons (Fsp3) is 0.455. The van der Waals surface area contributed by atoms with Crippen LogP contribution in [0.15, 0.2) is 10.5 Å². The van der Waals surface area contributed by atoms with Gasteiger partial charge in [-0.15, -0.1) is 0 Å². The van der Waals surface area contributed by atoms with Crippen molar-refractivity contribution in [1.29, 1.82) is 0 Å². The maximum Gasteiger partial charge on any atom is 0.166 e. The predicted molar refractivity (Wildman–Crippen MR) is 60.7 cm³/mol. The summed E-state index contributed by atoms with van der Waals surface area (Å²) < 4.78 is 32.3. The second kappa shape index (κ2) is 4.67. The Balaban J connectivity index is 3.57. The molecule has 0 unspecified atom stereocenters. The summed E-state index contributed by atoms with van der Waals surface area (Å²) in [5.74, 6) is -1.44. The average Bonchev–Trinajstić information content (AvgIpc) is 2.22. The molecule has 0 spiro atoms. The van der Waals surface area contributed by atoms with E-state index < -0.39 is 17.0 Å². The summed E-state index contributed by atoms with van der Waals surface area (Å²) in [5.41, 5.74) is -0.885. The van der Waals surface area contributed by atoms with E-state index in [2.05, 4.69) is 15.9 Å². The second-order valence-electron chi connectivity index (χ2n) is 4.10. The van der Waals surface area contributed by atoms with Gasteiger partial charge in [-0.1, -0.05) is 13.8 Å². The van der Waals surface area contributed by atoms with Gasteiger partial charge in [-0.2, -0.15) is 0 Å². The van der Waals surface area contributed by atoms with Gasteiger partial charge in [-0.25, -0.2) is 8.78 Å². The van der Waals surface area contributed by atoms with Crippen molar-refractivity contribution in [3.05, 3.63) is 27.7 Å². The zero-order valence-electron chi connectivity index (χ0n) is 9.27. The van der Waals surface area contributed by atoms with Gasteiger partial charge in [0, 0.05) is 11.0 Å². The largest absolute Gasteiger partial charge is 0.493 e. The molecule has 0 bridgehead atoms. The van der Waals surface area contributed by atoms with E-state index in [1.165, 1.54) is 7.11 Å². The zero-order valence-corrected chi connectivity index (χ0v) is 10.9. The lowest BCUT2D eigenvalue weighted by molar-refractivity contribution is 0.209. The smallest absolute Gasteiger partial charge is 0.166 e. The number of aliphatic hydroxyl groups excluding tert-OH is 1. The standard InChI is InChI=1S/C11H13BrF2O2/c1-11(2,5-15)8-9(14)6(12)4-7(13)10(8)16-3/h4,15H,5H2,1-3H3. The molecule has 0 amide bonds. The lowest BCUT2D eigenvalue weighted by Gasteiger charge is -2.25. The van der Waals surface area contributed by atoms with Crippen LogP contribution in [-0.4, -0.2) is 18.8 Å². The molecule has 1 N–H and O–H groups in total. The minimum absolute atomic E-state index is 0.0160. The van der Waals surface area contributed by atoms with E-state index >= 15 is 0 Å². The molecule has 0 heterocycles. The fourth-order valence-electron chi connectivity index (χ4n) is 1.46. The Labute approximate surface area is 101 Å². The number of ether oxygens (including phenoxy) is 1. The van der Waals surface area contributed by atoms with Gasteiger partial charge >= 0.3 is 0 Å². The van der Waals surface area contributed by atoms with Gasteiger partial charge in [0.2, 0.25) is 0 Å². The molecular formula is C11H13BrF2O2. The van der Waals surface area contributed by atoms with Crippen molar-refractivity contribution >= 4 is 15.9 Å². The molecule has 1 rings (SSSR count). The third-order valence-electron chi connectivity index (χ3n) is 2.40. The van der Waals surface area contributed by atoms with Crippen LogP contribution in [0.1, 0.15) is 19.4 Å². The van der Waals surface area contributed by atoms with Crippen LogP contribution in [0.4, 0.5) is 8.78 Å². The van der Waals surface area contributed by atoms with E-state index in [0.29, 0.717) is 0 Å². The summed E-state index contributed by atoms with van der Waals surface area (Å²) in [7, 11) is 1.27. The van der Waals surface area contributed by atoms with Crippen LogP contribution in [0.25, 0.3) is 0 Å². The molecule has 0 fully saturated rings. The summed E-state index contributed by atoms with van der Waals surface area (Å²) in [6, 6.07) is 1.01. The first-order valence-corrected chi connectivity index (χ1v) is 5.47. The van der Waals surface area contributed by atoms with E-state index in [0.717, 1.165) is 6.07 Å². The predicted octanol–water partition coefficient (Wildman–Crippen LogP) is 3.01. The van der Waals surface area contributed by atoms with Crippen LogP contribution in [0, 0.1) is 11.6 Å². The number of hydrogen-bond acceptors (Lipinski definition) is 2. The Kier molecular flexibility index (Phi) is 3.91. The van der Waals surface area contributed by atoms with Crippen molar-refractivity contribution in [2.75, 3.05) is 13.7 Å². The summed E-state index contributed by atoms with van der Waals surface area (Å²) in [6.45, 7) is 2.91. The molecule has 5 heteroatoms. The van der Waals surface area contributed by atoms with E-state index in [1.807, 2.05) is 0 Å². The van der Waals surface area contributed by atoms with Gasteiger partial charge in [0.25, 0.3) is 0 Å². The number of halogens is 3. The van der Waals surface area contributed by atoms with Crippen molar-refractivity contribution in [2.24, 2.45) is 0 Å². The number of benzene rings is 1. The van der Waals surface area contributed by atoms with Crippen LogP contribution in [-0.2, 0) is 5.41 Å². The highest BCUT2D eigenvalue weighted by atomic mass is 79.9. The highest BCUT2D eigenvalue weighted by Crippen LogP contribution is 2.38. The minimum atomic E-state index is -0.917. The summed E-state index contributed by atoms with van der Waals surface area (Å²) in [5, 5.41) is 9.21. The molecule has 0 aliphatic heterocycles. The monoisotopic (exact) mass is 294 g/mol. The van der Waals surface area contributed by atoms with E-state index in [4.69, 9.17) is 4.74 Å². The van der Waals surface area contributed by atoms with Gasteiger partial charge < -0.3 is 9.84 Å². The lowest BCUT2D eigenvalue weighted by Crippen LogP contribution is -2.25. The molecule has 0 aliphatic rings. The number of methoxy groups -OCH3 is 1. The van der Waals surface area contributed by atoms with E-state index in [1.54, 1.807) is 13.8 Å². The summed E-state index contributed by atoms with van der Waals surface area (Å²) in [4.78, 5) is 0. The van der Waals surface area contributed by atoms with Gasteiger partial charge in [0.05, 0.1) is 18.2 Å². The molecule has 90 valence electrons. The molecule has 16 heavy (non-hydrogen) atoms. The molecule has 0 aliphatic carbocycles. The highest BCUT2D eigenvalue weighted by molar-refractivity contribution is 9.10. The number of aliphatic hydroxyl groups is 1. The third-order valence-corrected chi connectivity index (χ3v) is 2.98. The van der Waals surface area contributed by atoms with Crippen molar-refractivity contribution < 1.29 is 18.6 Å². The Bertz CT molecular complexity index is 405. The maximum absolute atomic E-state index is 13.9. The average molecular weight is 295 g/mol. The number of hydrogen-bond donors (Lipinski definition) is 1. The molecule has 2 nitrogen and oxygen atoms in total. The van der Waals surface area contributed by atoms with Gasteiger partial charge in [-0.05, 0) is 22.0 Å². The normalized spacial score (nSPS) is 11.7. The molecule has 0 saturated heterocycles. The topological polar surface area (TPSA) is 29.5 Å². The van der Waals surface area contributed by atoms with E-state index in [9.17, 15) is 13.9 Å². The number of rotatable bonds is 3. The van der Waals surface area contributed by atoms with E-state index in [-0.39, 0.29) is 22.4 Å². The third kappa shape index (κ3) is 2.20. The zero-order chi connectivity index (χ0) is 12.5. The van der Waals surface area contributed by atoms with Crippen molar-refractivity contribution in [3.8, 4) is 5.75 Å². The van der Waals surface area contributed by atoms with Crippen molar-refractivity contribution in [2.45, 2.75) is 19.3 Å². The van der Waals surface area contributed by atoms with Crippen LogP contribution in [0.2, 0.25) is 0 Å². The summed E-state index contributed by atoms with van der Waals surface area (Å²) >= 11 is 2.93. The molecule has 0 atom stereocenters. The Morgan fingerprint density at radius 2 is 2.00 bits per heavy atom. The Morgan fingerprint density at radius 3 is 2.44 bits per heavy atom. The van der Waals surface area contributed by atoms with Gasteiger partial charge in [0.1, 0.15) is 5.82 Å². The fourth-order valence-corrected chi connectivity index (χ4v) is 1.86. The molecule has 0 aromatic heterocycles. The molecule has 1 aromatic carbocycles. The quantitative estimate of drug-likeness (QED) is 0.869. The highest BCUT2D eigenvalue weighted by Gasteiger charge is 2.31. The molecule has 0 radical (unpaired) electrons.